The summed E-state index contributed by atoms with van der Waals surface area (Å²) in [5.74, 6) is 0.586. The average Bonchev–Trinajstić information content (AvgIpc) is 3.18. The smallest absolute Gasteiger partial charge is 0.306 e. The van der Waals surface area contributed by atoms with Gasteiger partial charge in [0.15, 0.2) is 0 Å². The maximum absolute atomic E-state index is 11.3. The molecule has 0 amide bonds. The summed E-state index contributed by atoms with van der Waals surface area (Å²) >= 11 is 0. The lowest BCUT2D eigenvalue weighted by molar-refractivity contribution is -0.142. The monoisotopic (exact) mass is 248 g/mol. The lowest BCUT2D eigenvalue weighted by Crippen LogP contribution is -2.17. The molecule has 1 aliphatic rings. The van der Waals surface area contributed by atoms with E-state index in [9.17, 15) is 9.90 Å². The van der Waals surface area contributed by atoms with Gasteiger partial charge < -0.3 is 9.84 Å². The number of hydrogen-bond acceptors (Lipinski definition) is 2. The molecule has 0 spiro atoms. The van der Waals surface area contributed by atoms with Crippen molar-refractivity contribution in [1.82, 2.24) is 0 Å². The van der Waals surface area contributed by atoms with E-state index in [0.29, 0.717) is 6.42 Å². The molecule has 98 valence electrons. The molecule has 0 saturated heterocycles. The number of carbonyl (C=O) groups is 1. The van der Waals surface area contributed by atoms with Gasteiger partial charge in [-0.3, -0.25) is 4.79 Å². The van der Waals surface area contributed by atoms with E-state index < -0.39 is 5.97 Å². The highest BCUT2D eigenvalue weighted by Crippen LogP contribution is 2.35. The molecule has 0 radical (unpaired) electrons. The van der Waals surface area contributed by atoms with Gasteiger partial charge in [-0.1, -0.05) is 31.0 Å². The van der Waals surface area contributed by atoms with Crippen LogP contribution in [0.25, 0.3) is 0 Å². The Kier molecular flexibility index (Phi) is 4.24. The highest BCUT2D eigenvalue weighted by Gasteiger charge is 2.26. The Hall–Kier alpha value is -1.51. The van der Waals surface area contributed by atoms with Crippen molar-refractivity contribution >= 4 is 5.97 Å². The van der Waals surface area contributed by atoms with Gasteiger partial charge in [-0.05, 0) is 36.8 Å². The molecule has 0 heterocycles. The van der Waals surface area contributed by atoms with E-state index in [4.69, 9.17) is 4.74 Å². The normalized spacial score (nSPS) is 16.3. The van der Waals surface area contributed by atoms with Crippen LogP contribution in [0.4, 0.5) is 0 Å². The minimum atomic E-state index is -0.693. The molecule has 18 heavy (non-hydrogen) atoms. The van der Waals surface area contributed by atoms with Crippen LogP contribution in [-0.4, -0.2) is 18.2 Å². The van der Waals surface area contributed by atoms with Crippen LogP contribution >= 0.6 is 0 Å². The molecule has 1 unspecified atom stereocenters. The second-order valence-electron chi connectivity index (χ2n) is 5.07. The van der Waals surface area contributed by atoms with Gasteiger partial charge in [-0.2, -0.15) is 0 Å². The Bertz CT molecular complexity index is 410. The molecule has 0 aliphatic heterocycles. The molecule has 3 nitrogen and oxygen atoms in total. The van der Waals surface area contributed by atoms with E-state index in [1.54, 1.807) is 7.11 Å². The molecule has 1 aromatic rings. The van der Waals surface area contributed by atoms with Crippen molar-refractivity contribution in [2.24, 2.45) is 11.8 Å². The third kappa shape index (κ3) is 3.49. The maximum atomic E-state index is 11.3. The third-order valence-corrected chi connectivity index (χ3v) is 3.63. The Labute approximate surface area is 108 Å². The highest BCUT2D eigenvalue weighted by atomic mass is 16.5. The van der Waals surface area contributed by atoms with E-state index in [-0.39, 0.29) is 5.92 Å². The second-order valence-corrected chi connectivity index (χ2v) is 5.07. The molecule has 0 aromatic heterocycles. The molecular weight excluding hydrogens is 228 g/mol. The fourth-order valence-corrected chi connectivity index (χ4v) is 2.29. The van der Waals surface area contributed by atoms with Crippen LogP contribution in [0.2, 0.25) is 0 Å². The van der Waals surface area contributed by atoms with E-state index in [1.807, 2.05) is 24.3 Å². The Morgan fingerprint density at radius 1 is 1.44 bits per heavy atom. The summed E-state index contributed by atoms with van der Waals surface area (Å²) in [6, 6.07) is 7.67. The second kappa shape index (κ2) is 5.89. The summed E-state index contributed by atoms with van der Waals surface area (Å²) in [5, 5.41) is 9.29. The van der Waals surface area contributed by atoms with Crippen LogP contribution in [0, 0.1) is 11.8 Å². The summed E-state index contributed by atoms with van der Waals surface area (Å²) in [5.41, 5.74) is 0.989. The van der Waals surface area contributed by atoms with E-state index >= 15 is 0 Å². The van der Waals surface area contributed by atoms with Crippen LogP contribution in [0.5, 0.6) is 5.75 Å². The highest BCUT2D eigenvalue weighted by molar-refractivity contribution is 5.70. The number of benzene rings is 1. The Balaban J connectivity index is 1.99. The minimum absolute atomic E-state index is 0.290. The molecule has 3 heteroatoms. The van der Waals surface area contributed by atoms with Gasteiger partial charge in [0.05, 0.1) is 13.0 Å². The van der Waals surface area contributed by atoms with Crippen LogP contribution < -0.4 is 4.74 Å². The number of para-hydroxylation sites is 1. The van der Waals surface area contributed by atoms with E-state index in [2.05, 4.69) is 0 Å². The van der Waals surface area contributed by atoms with E-state index in [0.717, 1.165) is 30.1 Å². The predicted molar refractivity (Wildman–Crippen MR) is 69.8 cm³/mol. The van der Waals surface area contributed by atoms with Crippen molar-refractivity contribution in [3.8, 4) is 5.75 Å². The summed E-state index contributed by atoms with van der Waals surface area (Å²) in [7, 11) is 1.62. The molecular formula is C15H20O3. The first-order valence-electron chi connectivity index (χ1n) is 6.55. The molecule has 1 N–H and O–H groups in total. The van der Waals surface area contributed by atoms with Crippen molar-refractivity contribution < 1.29 is 14.6 Å². The summed E-state index contributed by atoms with van der Waals surface area (Å²) in [6.45, 7) is 0. The number of methoxy groups -OCH3 is 1. The van der Waals surface area contributed by atoms with Crippen molar-refractivity contribution in [3.05, 3.63) is 29.8 Å². The zero-order chi connectivity index (χ0) is 13.0. The zero-order valence-corrected chi connectivity index (χ0v) is 10.8. The van der Waals surface area contributed by atoms with Crippen molar-refractivity contribution in [3.63, 3.8) is 0 Å². The van der Waals surface area contributed by atoms with Crippen LogP contribution in [0.1, 0.15) is 31.2 Å². The molecule has 2 rings (SSSR count). The first-order valence-corrected chi connectivity index (χ1v) is 6.55. The average molecular weight is 248 g/mol. The number of ether oxygens (including phenoxy) is 1. The lowest BCUT2D eigenvalue weighted by Gasteiger charge is -2.14. The van der Waals surface area contributed by atoms with Gasteiger partial charge in [0.1, 0.15) is 5.75 Å². The van der Waals surface area contributed by atoms with E-state index in [1.165, 1.54) is 12.8 Å². The molecule has 1 fully saturated rings. The van der Waals surface area contributed by atoms with Gasteiger partial charge in [0.25, 0.3) is 0 Å². The van der Waals surface area contributed by atoms with Gasteiger partial charge in [-0.15, -0.1) is 0 Å². The van der Waals surface area contributed by atoms with Crippen LogP contribution in [0.3, 0.4) is 0 Å². The van der Waals surface area contributed by atoms with Crippen molar-refractivity contribution in [2.45, 2.75) is 32.1 Å². The molecule has 1 saturated carbocycles. The summed E-state index contributed by atoms with van der Waals surface area (Å²) < 4.78 is 5.27. The molecule has 1 atom stereocenters. The zero-order valence-electron chi connectivity index (χ0n) is 10.8. The number of aliphatic carboxylic acids is 1. The van der Waals surface area contributed by atoms with Gasteiger partial charge >= 0.3 is 5.97 Å². The van der Waals surface area contributed by atoms with Crippen molar-refractivity contribution in [2.75, 3.05) is 7.11 Å². The molecule has 1 aliphatic carbocycles. The third-order valence-electron chi connectivity index (χ3n) is 3.63. The van der Waals surface area contributed by atoms with Gasteiger partial charge in [0.2, 0.25) is 0 Å². The Morgan fingerprint density at radius 3 is 2.78 bits per heavy atom. The summed E-state index contributed by atoms with van der Waals surface area (Å²) in [6.07, 6.45) is 4.94. The maximum Gasteiger partial charge on any atom is 0.306 e. The lowest BCUT2D eigenvalue weighted by atomic mass is 9.93. The van der Waals surface area contributed by atoms with Gasteiger partial charge in [0, 0.05) is 0 Å². The number of hydrogen-bond donors (Lipinski definition) is 1. The van der Waals surface area contributed by atoms with Gasteiger partial charge in [-0.25, -0.2) is 0 Å². The number of carboxylic acids is 1. The number of rotatable bonds is 7. The fraction of sp³-hybridized carbons (Fsp3) is 0.533. The Morgan fingerprint density at radius 2 is 2.17 bits per heavy atom. The SMILES string of the molecule is COc1ccccc1CC(CCC1CC1)C(=O)O. The van der Waals surface area contributed by atoms with Crippen LogP contribution in [0.15, 0.2) is 24.3 Å². The predicted octanol–water partition coefficient (Wildman–Crippen LogP) is 3.13. The topological polar surface area (TPSA) is 46.5 Å². The first-order chi connectivity index (χ1) is 8.70. The summed E-state index contributed by atoms with van der Waals surface area (Å²) in [4.78, 5) is 11.3. The molecule has 1 aromatic carbocycles. The largest absolute Gasteiger partial charge is 0.496 e. The van der Waals surface area contributed by atoms with Crippen molar-refractivity contribution in [1.29, 1.82) is 0 Å². The minimum Gasteiger partial charge on any atom is -0.496 e. The standard InChI is InChI=1S/C15H20O3/c1-18-14-5-3-2-4-12(14)10-13(15(16)17)9-8-11-6-7-11/h2-5,11,13H,6-10H2,1H3,(H,16,17). The fourth-order valence-electron chi connectivity index (χ4n) is 2.29. The number of carboxylic acid groups (broad SMARTS) is 1. The van der Waals surface area contributed by atoms with Crippen LogP contribution in [-0.2, 0) is 11.2 Å². The quantitative estimate of drug-likeness (QED) is 0.806. The first kappa shape index (κ1) is 12.9. The molecule has 0 bridgehead atoms.